The number of aliphatic hydroxyl groups excluding tert-OH is 1. The summed E-state index contributed by atoms with van der Waals surface area (Å²) in [5, 5.41) is 13.2. The third-order valence-electron chi connectivity index (χ3n) is 8.25. The molecule has 0 aliphatic carbocycles. The fourth-order valence-corrected chi connectivity index (χ4v) is 5.41. The molecule has 4 rings (SSSR count). The number of rotatable bonds is 9. The van der Waals surface area contributed by atoms with Crippen LogP contribution in [-0.2, 0) is 30.3 Å². The van der Waals surface area contributed by atoms with Gasteiger partial charge in [-0.15, -0.1) is 29.1 Å². The second-order valence-electron chi connectivity index (χ2n) is 12.5. The summed E-state index contributed by atoms with van der Waals surface area (Å²) in [6.45, 7) is 19.2. The molecule has 4 aromatic rings. The monoisotopic (exact) mass is 758 g/mol. The normalized spacial score (nSPS) is 12.0. The molecule has 4 nitrogen and oxygen atoms in total. The van der Waals surface area contributed by atoms with Crippen LogP contribution in [0.5, 0.6) is 0 Å². The van der Waals surface area contributed by atoms with Gasteiger partial charge in [0.25, 0.3) is 0 Å². The van der Waals surface area contributed by atoms with Crippen molar-refractivity contribution in [3.63, 3.8) is 0 Å². The summed E-state index contributed by atoms with van der Waals surface area (Å²) in [7, 11) is 0. The first kappa shape index (κ1) is 36.3. The molecule has 0 aliphatic rings. The Bertz CT molecular complexity index is 1530. The molecule has 233 valence electrons. The quantitative estimate of drug-likeness (QED) is 0.105. The van der Waals surface area contributed by atoms with E-state index in [1.54, 1.807) is 6.33 Å². The molecule has 1 heterocycles. The zero-order valence-corrected chi connectivity index (χ0v) is 29.8. The topological polar surface area (TPSA) is 63.1 Å². The molecule has 1 N–H and O–H groups in total. The third-order valence-corrected chi connectivity index (χ3v) is 8.25. The second kappa shape index (κ2) is 16.3. The van der Waals surface area contributed by atoms with Gasteiger partial charge in [-0.05, 0) is 54.0 Å². The van der Waals surface area contributed by atoms with Gasteiger partial charge in [0.15, 0.2) is 5.78 Å². The van der Waals surface area contributed by atoms with Crippen molar-refractivity contribution in [3.8, 4) is 11.3 Å². The van der Waals surface area contributed by atoms with Crippen LogP contribution in [0.2, 0.25) is 0 Å². The molecule has 1 radical (unpaired) electrons. The molecule has 0 saturated heterocycles. The molecule has 0 amide bonds. The van der Waals surface area contributed by atoms with Gasteiger partial charge in [-0.25, -0.2) is 4.98 Å². The van der Waals surface area contributed by atoms with Crippen molar-refractivity contribution >= 4 is 27.5 Å². The Kier molecular flexibility index (Phi) is 13.7. The van der Waals surface area contributed by atoms with Gasteiger partial charge in [-0.2, -0.15) is 0 Å². The van der Waals surface area contributed by atoms with Crippen LogP contribution in [0.4, 0.5) is 0 Å². The number of carbonyl (C=O) groups is 1. The zero-order valence-electron chi connectivity index (χ0n) is 27.4. The van der Waals surface area contributed by atoms with Gasteiger partial charge in [0.1, 0.15) is 6.33 Å². The predicted molar refractivity (Wildman–Crippen MR) is 178 cm³/mol. The van der Waals surface area contributed by atoms with Crippen molar-refractivity contribution in [1.29, 1.82) is 0 Å². The minimum Gasteiger partial charge on any atom is -0.512 e. The molecule has 1 aromatic heterocycles. The van der Waals surface area contributed by atoms with Crippen LogP contribution in [0.3, 0.4) is 0 Å². The Morgan fingerprint density at radius 3 is 2.09 bits per heavy atom. The molecule has 0 unspecified atom stereocenters. The third kappa shape index (κ3) is 9.06. The van der Waals surface area contributed by atoms with Crippen LogP contribution in [0.15, 0.2) is 66.7 Å². The number of hydrogen-bond acceptors (Lipinski definition) is 4. The predicted octanol–water partition coefficient (Wildman–Crippen LogP) is 10.5. The van der Waals surface area contributed by atoms with Crippen molar-refractivity contribution in [3.05, 3.63) is 83.9 Å². The number of aromatic nitrogens is 2. The molecule has 5 heteroatoms. The number of carbonyl (C=O) groups excluding carboxylic acids is 1. The molecule has 43 heavy (non-hydrogen) atoms. The Labute approximate surface area is 272 Å². The van der Waals surface area contributed by atoms with Crippen molar-refractivity contribution in [2.24, 2.45) is 11.8 Å². The van der Waals surface area contributed by atoms with E-state index in [4.69, 9.17) is 0 Å². The first-order valence-corrected chi connectivity index (χ1v) is 15.6. The van der Waals surface area contributed by atoms with E-state index < -0.39 is 0 Å². The molecule has 3 aromatic carbocycles. The van der Waals surface area contributed by atoms with Crippen LogP contribution in [0.1, 0.15) is 105 Å². The molecule has 0 saturated carbocycles. The smallest absolute Gasteiger partial charge is 0.162 e. The molecule has 0 spiro atoms. The van der Waals surface area contributed by atoms with Crippen molar-refractivity contribution in [2.45, 2.75) is 99.3 Å². The van der Waals surface area contributed by atoms with E-state index in [1.807, 2.05) is 27.7 Å². The van der Waals surface area contributed by atoms with Gasteiger partial charge in [-0.1, -0.05) is 104 Å². The summed E-state index contributed by atoms with van der Waals surface area (Å²) >= 11 is 0. The van der Waals surface area contributed by atoms with E-state index in [0.717, 1.165) is 53.2 Å². The van der Waals surface area contributed by atoms with Gasteiger partial charge in [0, 0.05) is 43.7 Å². The van der Waals surface area contributed by atoms with E-state index in [2.05, 4.69) is 99.2 Å². The standard InChI is InChI=1S/C25H25N2.C13H24O2.Ir/c1-16(2)17-10-11-21-23(14-17)26-15-27-24(21)19-12-18-8-6-7-9-20(18)22(13-19)25(3,4)5;1-5-10(6-2)12(14)9-13(15)11(7-3)8-4;/h6-11,13-16H,1-5H3;9-11,14H,5-8H2,1-4H3;/q-1;;. The molecule has 0 aliphatic heterocycles. The summed E-state index contributed by atoms with van der Waals surface area (Å²) in [6.07, 6.45) is 6.57. The molecular formula is C38H49IrN2O2-. The average molecular weight is 758 g/mol. The number of benzene rings is 3. The van der Waals surface area contributed by atoms with Crippen LogP contribution in [-0.4, -0.2) is 20.9 Å². The van der Waals surface area contributed by atoms with E-state index in [0.29, 0.717) is 5.92 Å². The number of nitrogens with zero attached hydrogens (tertiary/aromatic N) is 2. The molecular weight excluding hydrogens is 709 g/mol. The van der Waals surface area contributed by atoms with Crippen LogP contribution in [0.25, 0.3) is 32.9 Å². The minimum atomic E-state index is 0. The summed E-state index contributed by atoms with van der Waals surface area (Å²) in [5.74, 6) is 1.03. The number of fused-ring (bicyclic) bond motifs is 2. The second-order valence-corrected chi connectivity index (χ2v) is 12.5. The summed E-state index contributed by atoms with van der Waals surface area (Å²) in [6, 6.07) is 20.8. The average Bonchev–Trinajstić information content (AvgIpc) is 2.97. The van der Waals surface area contributed by atoms with Crippen molar-refractivity contribution in [1.82, 2.24) is 9.97 Å². The molecule has 0 atom stereocenters. The van der Waals surface area contributed by atoms with E-state index in [1.165, 1.54) is 22.6 Å². The summed E-state index contributed by atoms with van der Waals surface area (Å²) < 4.78 is 0. The Hall–Kier alpha value is -2.88. The molecule has 0 fully saturated rings. The maximum absolute atomic E-state index is 11.7. The van der Waals surface area contributed by atoms with Gasteiger partial charge >= 0.3 is 0 Å². The van der Waals surface area contributed by atoms with Crippen molar-refractivity contribution < 1.29 is 30.0 Å². The van der Waals surface area contributed by atoms with Gasteiger partial charge < -0.3 is 5.11 Å². The number of allylic oxidation sites excluding steroid dienone is 2. The summed E-state index contributed by atoms with van der Waals surface area (Å²) in [4.78, 5) is 20.9. The van der Waals surface area contributed by atoms with Crippen LogP contribution < -0.4 is 0 Å². The zero-order chi connectivity index (χ0) is 31.0. The largest absolute Gasteiger partial charge is 0.512 e. The van der Waals surface area contributed by atoms with E-state index in [-0.39, 0.29) is 48.9 Å². The molecule has 0 bridgehead atoms. The maximum Gasteiger partial charge on any atom is 0.162 e. The Morgan fingerprint density at radius 1 is 0.884 bits per heavy atom. The first-order valence-electron chi connectivity index (χ1n) is 15.6. The van der Waals surface area contributed by atoms with Gasteiger partial charge in [0.2, 0.25) is 0 Å². The SMILES string of the molecule is CC(C)c1ccc2c(-c3[c-]c4ccccc4c(C(C)(C)C)c3)ncnc2c1.CCC(CC)C(=O)C=C(O)C(CC)CC.[Ir]. The van der Waals surface area contributed by atoms with Crippen LogP contribution >= 0.6 is 0 Å². The van der Waals surface area contributed by atoms with Gasteiger partial charge in [0.05, 0.1) is 11.3 Å². The fraction of sp³-hybridized carbons (Fsp3) is 0.447. The first-order chi connectivity index (χ1) is 19.9. The fourth-order valence-electron chi connectivity index (χ4n) is 5.41. The van der Waals surface area contributed by atoms with Crippen LogP contribution in [0, 0.1) is 17.9 Å². The summed E-state index contributed by atoms with van der Waals surface area (Å²) in [5.41, 5.74) is 5.62. The van der Waals surface area contributed by atoms with Gasteiger partial charge in [-0.3, -0.25) is 9.78 Å². The Balaban J connectivity index is 0.000000348. The minimum absolute atomic E-state index is 0. The maximum atomic E-state index is 11.7. The van der Waals surface area contributed by atoms with Crippen molar-refractivity contribution in [2.75, 3.05) is 0 Å². The Morgan fingerprint density at radius 2 is 1.51 bits per heavy atom. The number of aliphatic hydroxyl groups is 1. The number of hydrogen-bond donors (Lipinski definition) is 1. The van der Waals surface area contributed by atoms with E-state index >= 15 is 0 Å². The van der Waals surface area contributed by atoms with E-state index in [9.17, 15) is 9.90 Å². The number of ketones is 1.